The highest BCUT2D eigenvalue weighted by Gasteiger charge is 2.38. The molecule has 1 fully saturated rings. The van der Waals surface area contributed by atoms with Crippen molar-refractivity contribution < 1.29 is 31.1 Å². The van der Waals surface area contributed by atoms with Crippen LogP contribution in [0, 0.1) is 0 Å². The average molecular weight is 451 g/mol. The molecule has 1 atom stereocenters. The molecule has 1 amide bonds. The monoisotopic (exact) mass is 450 g/mol. The Kier molecular flexibility index (Phi) is 6.33. The van der Waals surface area contributed by atoms with E-state index < -0.39 is 41.0 Å². The van der Waals surface area contributed by atoms with Crippen molar-refractivity contribution in [3.63, 3.8) is 0 Å². The van der Waals surface area contributed by atoms with Crippen LogP contribution >= 0.6 is 11.6 Å². The molecule has 1 aliphatic rings. The molecule has 0 bridgehead atoms. The van der Waals surface area contributed by atoms with E-state index in [1.54, 1.807) is 24.3 Å². The van der Waals surface area contributed by atoms with Crippen LogP contribution in [0.4, 0.5) is 26.3 Å². The van der Waals surface area contributed by atoms with Gasteiger partial charge >= 0.3 is 12.4 Å². The molecule has 10 heteroatoms. The lowest BCUT2D eigenvalue weighted by Crippen LogP contribution is -2.54. The zero-order chi connectivity index (χ0) is 22.1. The number of carbonyl (C=O) groups is 1. The summed E-state index contributed by atoms with van der Waals surface area (Å²) in [7, 11) is 0. The fraction of sp³-hybridized carbons (Fsp3) is 0.350. The van der Waals surface area contributed by atoms with Crippen molar-refractivity contribution in [2.24, 2.45) is 0 Å². The molecule has 1 aliphatic heterocycles. The number of hydrogen-bond donors (Lipinski definition) is 1. The van der Waals surface area contributed by atoms with Crippen LogP contribution in [0.1, 0.15) is 27.0 Å². The Balaban J connectivity index is 1.93. The number of hydrogen-bond acceptors (Lipinski definition) is 2. The molecule has 2 aromatic rings. The molecule has 162 valence electrons. The van der Waals surface area contributed by atoms with E-state index in [4.69, 9.17) is 11.6 Å². The molecule has 0 spiro atoms. The highest BCUT2D eigenvalue weighted by molar-refractivity contribution is 6.30. The van der Waals surface area contributed by atoms with Gasteiger partial charge in [-0.15, -0.1) is 0 Å². The minimum Gasteiger partial charge on any atom is -0.333 e. The first-order valence-corrected chi connectivity index (χ1v) is 9.38. The molecule has 1 heterocycles. The van der Waals surface area contributed by atoms with Crippen LogP contribution in [0.25, 0.3) is 0 Å². The molecular formula is C20H17ClF6N2O. The van der Waals surface area contributed by atoms with Crippen LogP contribution in [0.3, 0.4) is 0 Å². The summed E-state index contributed by atoms with van der Waals surface area (Å²) in [5.41, 5.74) is -2.82. The summed E-state index contributed by atoms with van der Waals surface area (Å²) in [6.07, 6.45) is -9.65. The van der Waals surface area contributed by atoms with Crippen LogP contribution in [0.5, 0.6) is 0 Å². The third kappa shape index (κ3) is 5.26. The molecule has 0 aromatic heterocycles. The number of alkyl halides is 6. The molecule has 0 radical (unpaired) electrons. The molecule has 1 saturated heterocycles. The third-order valence-corrected chi connectivity index (χ3v) is 5.08. The van der Waals surface area contributed by atoms with Crippen molar-refractivity contribution in [3.05, 3.63) is 69.7 Å². The Morgan fingerprint density at radius 2 is 1.57 bits per heavy atom. The number of piperazine rings is 1. The van der Waals surface area contributed by atoms with E-state index in [1.807, 2.05) is 0 Å². The predicted octanol–water partition coefficient (Wildman–Crippen LogP) is 5.03. The topological polar surface area (TPSA) is 32.3 Å². The van der Waals surface area contributed by atoms with Gasteiger partial charge in [0.05, 0.1) is 11.1 Å². The summed E-state index contributed by atoms with van der Waals surface area (Å²) >= 11 is 5.86. The van der Waals surface area contributed by atoms with E-state index in [0.29, 0.717) is 36.7 Å². The first-order chi connectivity index (χ1) is 13.9. The molecule has 1 unspecified atom stereocenters. The van der Waals surface area contributed by atoms with Crippen molar-refractivity contribution in [2.45, 2.75) is 24.8 Å². The van der Waals surface area contributed by atoms with Crippen molar-refractivity contribution in [3.8, 4) is 0 Å². The standard InChI is InChI=1S/C20H17ClF6N2O/c21-16-3-1-12(2-4-16)7-17-11-28-5-6-29(17)18(30)13-8-14(19(22,23)24)10-15(9-13)20(25,26)27/h1-4,8-10,17,28H,5-7,11H2. The maximum Gasteiger partial charge on any atom is 0.416 e. The maximum atomic E-state index is 13.1. The molecule has 0 saturated carbocycles. The van der Waals surface area contributed by atoms with Crippen molar-refractivity contribution in [1.82, 2.24) is 10.2 Å². The zero-order valence-corrected chi connectivity index (χ0v) is 16.2. The number of benzene rings is 2. The Hall–Kier alpha value is -2.26. The van der Waals surface area contributed by atoms with Crippen molar-refractivity contribution in [1.29, 1.82) is 0 Å². The number of nitrogens with one attached hydrogen (secondary N) is 1. The Morgan fingerprint density at radius 3 is 2.10 bits per heavy atom. The number of rotatable bonds is 3. The van der Waals surface area contributed by atoms with Gasteiger partial charge in [-0.2, -0.15) is 26.3 Å². The lowest BCUT2D eigenvalue weighted by atomic mass is 10.00. The highest BCUT2D eigenvalue weighted by Crippen LogP contribution is 2.36. The zero-order valence-electron chi connectivity index (χ0n) is 15.4. The Bertz CT molecular complexity index is 879. The summed E-state index contributed by atoms with van der Waals surface area (Å²) in [6, 6.07) is 7.37. The van der Waals surface area contributed by atoms with Gasteiger partial charge in [-0.3, -0.25) is 4.79 Å². The van der Waals surface area contributed by atoms with Crippen LogP contribution < -0.4 is 5.32 Å². The Labute approximate surface area is 173 Å². The minimum atomic E-state index is -5.01. The largest absolute Gasteiger partial charge is 0.416 e. The second kappa shape index (κ2) is 8.47. The van der Waals surface area contributed by atoms with Gasteiger partial charge in [-0.1, -0.05) is 23.7 Å². The van der Waals surface area contributed by atoms with E-state index in [0.717, 1.165) is 5.56 Å². The number of halogens is 7. The maximum absolute atomic E-state index is 13.1. The number of nitrogens with zero attached hydrogens (tertiary/aromatic N) is 1. The second-order valence-corrected chi connectivity index (χ2v) is 7.42. The van der Waals surface area contributed by atoms with Gasteiger partial charge in [-0.25, -0.2) is 0 Å². The minimum absolute atomic E-state index is 0.0136. The van der Waals surface area contributed by atoms with Crippen molar-refractivity contribution in [2.75, 3.05) is 19.6 Å². The quantitative estimate of drug-likeness (QED) is 0.665. The SMILES string of the molecule is O=C(c1cc(C(F)(F)F)cc(C(F)(F)F)c1)N1CCNCC1Cc1ccc(Cl)cc1. The van der Waals surface area contributed by atoms with Crippen molar-refractivity contribution >= 4 is 17.5 Å². The van der Waals surface area contributed by atoms with Gasteiger partial charge in [0, 0.05) is 36.3 Å². The average Bonchev–Trinajstić information content (AvgIpc) is 2.68. The van der Waals surface area contributed by atoms with Gasteiger partial charge in [0.15, 0.2) is 0 Å². The van der Waals surface area contributed by atoms with Gasteiger partial charge in [0.1, 0.15) is 0 Å². The van der Waals surface area contributed by atoms with Gasteiger partial charge in [0.25, 0.3) is 5.91 Å². The smallest absolute Gasteiger partial charge is 0.333 e. The first kappa shape index (κ1) is 22.4. The summed E-state index contributed by atoms with van der Waals surface area (Å²) in [5, 5.41) is 3.62. The first-order valence-electron chi connectivity index (χ1n) is 9.01. The molecule has 3 rings (SSSR count). The van der Waals surface area contributed by atoms with Crippen LogP contribution in [-0.2, 0) is 18.8 Å². The van der Waals surface area contributed by atoms with Gasteiger partial charge < -0.3 is 10.2 Å². The lowest BCUT2D eigenvalue weighted by molar-refractivity contribution is -0.143. The van der Waals surface area contributed by atoms with E-state index in [1.165, 1.54) is 4.90 Å². The molecule has 1 N–H and O–H groups in total. The Morgan fingerprint density at radius 1 is 1.00 bits per heavy atom. The van der Waals surface area contributed by atoms with Crippen LogP contribution in [0.2, 0.25) is 5.02 Å². The summed E-state index contributed by atoms with van der Waals surface area (Å²) < 4.78 is 78.8. The lowest BCUT2D eigenvalue weighted by Gasteiger charge is -2.36. The number of carbonyl (C=O) groups excluding carboxylic acids is 1. The molecule has 0 aliphatic carbocycles. The third-order valence-electron chi connectivity index (χ3n) is 4.83. The summed E-state index contributed by atoms with van der Waals surface area (Å²) in [5.74, 6) is -0.868. The molecule has 3 nitrogen and oxygen atoms in total. The number of amides is 1. The highest BCUT2D eigenvalue weighted by atomic mass is 35.5. The van der Waals surface area contributed by atoms with Crippen LogP contribution in [0.15, 0.2) is 42.5 Å². The van der Waals surface area contributed by atoms with E-state index in [-0.39, 0.29) is 12.6 Å². The molecule has 30 heavy (non-hydrogen) atoms. The van der Waals surface area contributed by atoms with Crippen LogP contribution in [-0.4, -0.2) is 36.5 Å². The molecular weight excluding hydrogens is 434 g/mol. The van der Waals surface area contributed by atoms with E-state index >= 15 is 0 Å². The fourth-order valence-electron chi connectivity index (χ4n) is 3.35. The molecule has 2 aromatic carbocycles. The normalized spacial score (nSPS) is 17.8. The van der Waals surface area contributed by atoms with Gasteiger partial charge in [-0.05, 0) is 42.3 Å². The van der Waals surface area contributed by atoms with Gasteiger partial charge in [0.2, 0.25) is 0 Å². The predicted molar refractivity (Wildman–Crippen MR) is 99.3 cm³/mol. The fourth-order valence-corrected chi connectivity index (χ4v) is 3.47. The summed E-state index contributed by atoms with van der Waals surface area (Å²) in [4.78, 5) is 14.3. The van der Waals surface area contributed by atoms with E-state index in [9.17, 15) is 31.1 Å². The second-order valence-electron chi connectivity index (χ2n) is 6.98. The van der Waals surface area contributed by atoms with E-state index in [2.05, 4.69) is 5.32 Å². The summed E-state index contributed by atoms with van der Waals surface area (Å²) in [6.45, 7) is 0.905.